The van der Waals surface area contributed by atoms with E-state index in [1.807, 2.05) is 30.3 Å². The van der Waals surface area contributed by atoms with Gasteiger partial charge in [0, 0.05) is 59.0 Å². The monoisotopic (exact) mass is 565 g/mol. The van der Waals surface area contributed by atoms with Gasteiger partial charge in [-0.2, -0.15) is 18.4 Å². The molecule has 0 radical (unpaired) electrons. The molecule has 40 heavy (non-hydrogen) atoms. The molecule has 206 valence electrons. The minimum absolute atomic E-state index is 0.102. The van der Waals surface area contributed by atoms with Crippen molar-refractivity contribution in [3.05, 3.63) is 101 Å². The van der Waals surface area contributed by atoms with Gasteiger partial charge in [0.15, 0.2) is 0 Å². The first-order chi connectivity index (χ1) is 19.2. The number of halogens is 4. The van der Waals surface area contributed by atoms with Gasteiger partial charge in [-0.15, -0.1) is 0 Å². The molecule has 1 atom stereocenters. The van der Waals surface area contributed by atoms with Crippen molar-refractivity contribution in [2.75, 3.05) is 18.4 Å². The average molecular weight is 566 g/mol. The highest BCUT2D eigenvalue weighted by Gasteiger charge is 2.43. The lowest BCUT2D eigenvalue weighted by Gasteiger charge is -2.35. The quantitative estimate of drug-likeness (QED) is 0.262. The fourth-order valence-corrected chi connectivity index (χ4v) is 5.23. The zero-order valence-corrected chi connectivity index (χ0v) is 22.2. The first kappa shape index (κ1) is 27.6. The van der Waals surface area contributed by atoms with Gasteiger partial charge in [0.2, 0.25) is 0 Å². The number of carbonyl (C=O) groups excluding carboxylic acids is 1. The summed E-state index contributed by atoms with van der Waals surface area (Å²) in [5, 5.41) is 16.1. The normalized spacial score (nSPS) is 15.1. The average Bonchev–Trinajstić information content (AvgIpc) is 3.30. The van der Waals surface area contributed by atoms with Gasteiger partial charge >= 0.3 is 12.2 Å². The van der Waals surface area contributed by atoms with E-state index in [9.17, 15) is 23.2 Å². The molecule has 1 saturated heterocycles. The number of amides is 2. The van der Waals surface area contributed by atoms with Gasteiger partial charge in [-0.3, -0.25) is 5.32 Å². The van der Waals surface area contributed by atoms with Crippen molar-refractivity contribution in [1.82, 2.24) is 14.8 Å². The highest BCUT2D eigenvalue weighted by Crippen LogP contribution is 2.39. The molecule has 10 heteroatoms. The summed E-state index contributed by atoms with van der Waals surface area (Å²) < 4.78 is 45.4. The Morgan fingerprint density at radius 3 is 2.40 bits per heavy atom. The molecule has 2 N–H and O–H groups in total. The van der Waals surface area contributed by atoms with E-state index in [2.05, 4.69) is 16.7 Å². The fraction of sp³-hybridized carbons (Fsp3) is 0.267. The number of likely N-dealkylation sites (tertiary alicyclic amines) is 1. The van der Waals surface area contributed by atoms with E-state index in [4.69, 9.17) is 11.6 Å². The van der Waals surface area contributed by atoms with Crippen LogP contribution < -0.4 is 10.6 Å². The van der Waals surface area contributed by atoms with Crippen LogP contribution in [0.25, 0.3) is 10.9 Å². The number of nitriles is 1. The molecule has 6 nitrogen and oxygen atoms in total. The van der Waals surface area contributed by atoms with Gasteiger partial charge in [-0.05, 0) is 54.8 Å². The van der Waals surface area contributed by atoms with E-state index in [1.165, 1.54) is 12.3 Å². The standard InChI is InChI=1S/C30H27ClF3N5O/c31-22-9-6-20(7-10-22)18-39-19-26(25-11-8-21(17-35)16-27(25)39)28(30(32,33)34)36-24-12-14-38(15-13-24)29(40)37-23-4-2-1-3-5-23/h1-11,16,19,24,28,36H,12-15,18H2,(H,37,40). The molecule has 1 unspecified atom stereocenters. The molecular weight excluding hydrogens is 539 g/mol. The number of hydrogen-bond donors (Lipinski definition) is 2. The van der Waals surface area contributed by atoms with Gasteiger partial charge in [0.1, 0.15) is 6.04 Å². The van der Waals surface area contributed by atoms with Crippen molar-refractivity contribution in [3.8, 4) is 6.07 Å². The smallest absolute Gasteiger partial charge is 0.343 e. The summed E-state index contributed by atoms with van der Waals surface area (Å²) >= 11 is 6.00. The summed E-state index contributed by atoms with van der Waals surface area (Å²) in [4.78, 5) is 14.2. The topological polar surface area (TPSA) is 73.1 Å². The van der Waals surface area contributed by atoms with Crippen LogP contribution in [-0.4, -0.2) is 40.8 Å². The first-order valence-corrected chi connectivity index (χ1v) is 13.3. The summed E-state index contributed by atoms with van der Waals surface area (Å²) in [5.74, 6) is 0. The number of urea groups is 1. The second-order valence-electron chi connectivity index (χ2n) is 9.88. The van der Waals surface area contributed by atoms with Gasteiger partial charge in [-0.1, -0.05) is 48.0 Å². The molecule has 2 heterocycles. The summed E-state index contributed by atoms with van der Waals surface area (Å²) in [6.45, 7) is 0.998. The summed E-state index contributed by atoms with van der Waals surface area (Å²) in [7, 11) is 0. The molecule has 0 saturated carbocycles. The highest BCUT2D eigenvalue weighted by molar-refractivity contribution is 6.30. The van der Waals surface area contributed by atoms with Crippen LogP contribution in [0.4, 0.5) is 23.7 Å². The zero-order valence-electron chi connectivity index (χ0n) is 21.5. The maximum Gasteiger partial charge on any atom is 0.407 e. The third kappa shape index (κ3) is 6.24. The SMILES string of the molecule is N#Cc1ccc2c(C(NC3CCN(C(=O)Nc4ccccc4)CC3)C(F)(F)F)cn(Cc3ccc(Cl)cc3)c2c1. The summed E-state index contributed by atoms with van der Waals surface area (Å²) in [5.41, 5.74) is 2.55. The van der Waals surface area contributed by atoms with Gasteiger partial charge in [0.25, 0.3) is 0 Å². The lowest BCUT2D eigenvalue weighted by atomic mass is 9.99. The molecule has 5 rings (SSSR count). The Kier molecular flexibility index (Phi) is 8.01. The van der Waals surface area contributed by atoms with Gasteiger partial charge in [0.05, 0.1) is 11.6 Å². The number of anilines is 1. The van der Waals surface area contributed by atoms with Crippen LogP contribution in [0, 0.1) is 11.3 Å². The van der Waals surface area contributed by atoms with Crippen LogP contribution in [0.5, 0.6) is 0 Å². The van der Waals surface area contributed by atoms with Crippen molar-refractivity contribution in [3.63, 3.8) is 0 Å². The third-order valence-corrected chi connectivity index (χ3v) is 7.41. The second-order valence-corrected chi connectivity index (χ2v) is 10.3. The number of rotatable bonds is 6. The molecule has 1 aromatic heterocycles. The van der Waals surface area contributed by atoms with E-state index in [1.54, 1.807) is 45.9 Å². The molecule has 1 aliphatic rings. The Morgan fingerprint density at radius 2 is 1.75 bits per heavy atom. The number of alkyl halides is 3. The van der Waals surface area contributed by atoms with Crippen LogP contribution >= 0.6 is 11.6 Å². The minimum Gasteiger partial charge on any atom is -0.343 e. The van der Waals surface area contributed by atoms with Crippen molar-refractivity contribution in [2.45, 2.75) is 37.6 Å². The number of para-hydroxylation sites is 1. The van der Waals surface area contributed by atoms with E-state index in [0.29, 0.717) is 59.7 Å². The molecule has 0 aliphatic carbocycles. The third-order valence-electron chi connectivity index (χ3n) is 7.16. The number of fused-ring (bicyclic) bond motifs is 1. The van der Waals surface area contributed by atoms with E-state index >= 15 is 0 Å². The number of nitrogens with zero attached hydrogens (tertiary/aromatic N) is 3. The number of nitrogens with one attached hydrogen (secondary N) is 2. The molecule has 1 fully saturated rings. The maximum absolute atomic E-state index is 14.5. The predicted octanol–water partition coefficient (Wildman–Crippen LogP) is 7.10. The molecule has 1 aliphatic heterocycles. The molecule has 2 amide bonds. The van der Waals surface area contributed by atoms with Crippen molar-refractivity contribution >= 4 is 34.2 Å². The molecular formula is C30H27ClF3N5O. The van der Waals surface area contributed by atoms with E-state index < -0.39 is 18.3 Å². The van der Waals surface area contributed by atoms with Crippen LogP contribution in [0.1, 0.15) is 35.6 Å². The molecule has 4 aromatic rings. The maximum atomic E-state index is 14.5. The van der Waals surface area contributed by atoms with Crippen molar-refractivity contribution in [2.24, 2.45) is 0 Å². The number of carbonyl (C=O) groups is 1. The van der Waals surface area contributed by atoms with E-state index in [-0.39, 0.29) is 11.6 Å². The summed E-state index contributed by atoms with van der Waals surface area (Å²) in [6.07, 6.45) is -2.27. The lowest BCUT2D eigenvalue weighted by Crippen LogP contribution is -2.49. The van der Waals surface area contributed by atoms with Crippen LogP contribution in [-0.2, 0) is 6.54 Å². The van der Waals surface area contributed by atoms with Gasteiger partial charge < -0.3 is 14.8 Å². The molecule has 0 bridgehead atoms. The van der Waals surface area contributed by atoms with Crippen LogP contribution in [0.15, 0.2) is 79.0 Å². The lowest BCUT2D eigenvalue weighted by molar-refractivity contribution is -0.160. The predicted molar refractivity (Wildman–Crippen MR) is 149 cm³/mol. The second kappa shape index (κ2) is 11.6. The van der Waals surface area contributed by atoms with Gasteiger partial charge in [-0.25, -0.2) is 4.79 Å². The number of benzene rings is 3. The summed E-state index contributed by atoms with van der Waals surface area (Å²) in [6, 6.07) is 20.4. The Balaban J connectivity index is 1.36. The van der Waals surface area contributed by atoms with Crippen molar-refractivity contribution < 1.29 is 18.0 Å². The Bertz CT molecular complexity index is 1520. The number of aromatic nitrogens is 1. The zero-order chi connectivity index (χ0) is 28.3. The number of piperidine rings is 1. The fourth-order valence-electron chi connectivity index (χ4n) is 5.11. The number of hydrogen-bond acceptors (Lipinski definition) is 3. The van der Waals surface area contributed by atoms with Crippen LogP contribution in [0.3, 0.4) is 0 Å². The molecule has 0 spiro atoms. The molecule has 3 aromatic carbocycles. The van der Waals surface area contributed by atoms with Crippen LogP contribution in [0.2, 0.25) is 5.02 Å². The van der Waals surface area contributed by atoms with E-state index in [0.717, 1.165) is 5.56 Å². The first-order valence-electron chi connectivity index (χ1n) is 12.9. The Hall–Kier alpha value is -4.00. The highest BCUT2D eigenvalue weighted by atomic mass is 35.5. The van der Waals surface area contributed by atoms with Crippen molar-refractivity contribution in [1.29, 1.82) is 5.26 Å². The minimum atomic E-state index is -4.56. The Morgan fingerprint density at radius 1 is 1.05 bits per heavy atom. The Labute approximate surface area is 235 Å². The largest absolute Gasteiger partial charge is 0.407 e.